The minimum absolute atomic E-state index is 0.0205. The summed E-state index contributed by atoms with van der Waals surface area (Å²) in [4.78, 5) is 27.8. The van der Waals surface area contributed by atoms with Crippen molar-refractivity contribution in [2.75, 3.05) is 18.4 Å². The number of aromatic nitrogens is 2. The Bertz CT molecular complexity index is 855. The standard InChI is InChI=1S/C14H18N4O4S2/c1-3-18(4-2)24(21,22)11-5-6-13(20)17(9-11)10-12(19)16-14-15-7-8-23-14/h5-9H,3-4,10H2,1-2H3,(H,15,16,19). The molecule has 0 spiro atoms. The third kappa shape index (κ3) is 4.08. The first-order chi connectivity index (χ1) is 11.4. The fourth-order valence-electron chi connectivity index (χ4n) is 2.10. The number of rotatable bonds is 7. The molecule has 1 N–H and O–H groups in total. The molecule has 0 aliphatic rings. The molecule has 2 heterocycles. The van der Waals surface area contributed by atoms with E-state index in [0.717, 1.165) is 10.6 Å². The molecule has 2 aromatic heterocycles. The molecule has 10 heteroatoms. The molecular formula is C14H18N4O4S2. The van der Waals surface area contributed by atoms with E-state index in [1.165, 1.54) is 27.9 Å². The molecule has 0 saturated carbocycles. The maximum atomic E-state index is 12.5. The molecule has 0 fully saturated rings. The van der Waals surface area contributed by atoms with Gasteiger partial charge in [0.2, 0.25) is 15.9 Å². The van der Waals surface area contributed by atoms with Crippen molar-refractivity contribution in [1.82, 2.24) is 13.9 Å². The number of anilines is 1. The van der Waals surface area contributed by atoms with Gasteiger partial charge in [-0.3, -0.25) is 9.59 Å². The van der Waals surface area contributed by atoms with E-state index >= 15 is 0 Å². The maximum Gasteiger partial charge on any atom is 0.251 e. The Morgan fingerprint density at radius 1 is 1.33 bits per heavy atom. The van der Waals surface area contributed by atoms with Crippen LogP contribution in [0.4, 0.5) is 5.13 Å². The molecule has 0 unspecified atom stereocenters. The van der Waals surface area contributed by atoms with Crippen LogP contribution in [0.15, 0.2) is 39.6 Å². The molecule has 0 aromatic carbocycles. The van der Waals surface area contributed by atoms with Crippen LogP contribution >= 0.6 is 11.3 Å². The summed E-state index contributed by atoms with van der Waals surface area (Å²) in [7, 11) is -3.69. The van der Waals surface area contributed by atoms with Gasteiger partial charge >= 0.3 is 0 Å². The van der Waals surface area contributed by atoms with Crippen LogP contribution in [0.5, 0.6) is 0 Å². The molecule has 0 aliphatic carbocycles. The summed E-state index contributed by atoms with van der Waals surface area (Å²) >= 11 is 1.25. The number of carbonyl (C=O) groups is 1. The van der Waals surface area contributed by atoms with Crippen molar-refractivity contribution in [3.05, 3.63) is 40.3 Å². The quantitative estimate of drug-likeness (QED) is 0.783. The number of nitrogens with zero attached hydrogens (tertiary/aromatic N) is 3. The number of pyridine rings is 1. The zero-order valence-corrected chi connectivity index (χ0v) is 14.9. The van der Waals surface area contributed by atoms with E-state index in [-0.39, 0.29) is 11.4 Å². The lowest BCUT2D eigenvalue weighted by atomic mass is 10.4. The average molecular weight is 370 g/mol. The van der Waals surface area contributed by atoms with Crippen LogP contribution < -0.4 is 10.9 Å². The minimum Gasteiger partial charge on any atom is -0.305 e. The van der Waals surface area contributed by atoms with E-state index < -0.39 is 21.5 Å². The average Bonchev–Trinajstić information content (AvgIpc) is 3.03. The molecule has 2 aromatic rings. The van der Waals surface area contributed by atoms with Crippen LogP contribution in [-0.4, -0.2) is 41.3 Å². The monoisotopic (exact) mass is 370 g/mol. The van der Waals surface area contributed by atoms with Crippen molar-refractivity contribution in [1.29, 1.82) is 0 Å². The van der Waals surface area contributed by atoms with Gasteiger partial charge in [0.25, 0.3) is 5.56 Å². The molecule has 0 atom stereocenters. The van der Waals surface area contributed by atoms with E-state index in [0.29, 0.717) is 18.2 Å². The van der Waals surface area contributed by atoms with Crippen molar-refractivity contribution in [2.24, 2.45) is 0 Å². The summed E-state index contributed by atoms with van der Waals surface area (Å²) in [5.41, 5.74) is -0.456. The van der Waals surface area contributed by atoms with Crippen LogP contribution in [0.3, 0.4) is 0 Å². The second-order valence-electron chi connectivity index (χ2n) is 4.81. The fourth-order valence-corrected chi connectivity index (χ4v) is 4.12. The summed E-state index contributed by atoms with van der Waals surface area (Å²) in [5.74, 6) is -0.454. The Morgan fingerprint density at radius 2 is 2.04 bits per heavy atom. The lowest BCUT2D eigenvalue weighted by Crippen LogP contribution is -2.33. The van der Waals surface area contributed by atoms with Crippen molar-refractivity contribution in [3.8, 4) is 0 Å². The van der Waals surface area contributed by atoms with Gasteiger partial charge in [0.15, 0.2) is 5.13 Å². The van der Waals surface area contributed by atoms with Crippen molar-refractivity contribution in [3.63, 3.8) is 0 Å². The van der Waals surface area contributed by atoms with Gasteiger partial charge in [-0.15, -0.1) is 11.3 Å². The van der Waals surface area contributed by atoms with Crippen LogP contribution in [-0.2, 0) is 21.4 Å². The lowest BCUT2D eigenvalue weighted by molar-refractivity contribution is -0.116. The van der Waals surface area contributed by atoms with Gasteiger partial charge < -0.3 is 9.88 Å². The third-order valence-corrected chi connectivity index (χ3v) is 6.01. The zero-order valence-electron chi connectivity index (χ0n) is 13.3. The van der Waals surface area contributed by atoms with Crippen LogP contribution in [0.1, 0.15) is 13.8 Å². The zero-order chi connectivity index (χ0) is 17.7. The number of hydrogen-bond acceptors (Lipinski definition) is 6. The van der Waals surface area contributed by atoms with E-state index in [1.807, 2.05) is 0 Å². The van der Waals surface area contributed by atoms with Crippen LogP contribution in [0, 0.1) is 0 Å². The summed E-state index contributed by atoms with van der Waals surface area (Å²) in [6, 6.07) is 2.40. The van der Waals surface area contributed by atoms with Gasteiger partial charge in [0.05, 0.1) is 4.90 Å². The molecule has 2 rings (SSSR count). The minimum atomic E-state index is -3.69. The second-order valence-corrected chi connectivity index (χ2v) is 7.64. The highest BCUT2D eigenvalue weighted by atomic mass is 32.2. The van der Waals surface area contributed by atoms with E-state index in [4.69, 9.17) is 0 Å². The van der Waals surface area contributed by atoms with Crippen LogP contribution in [0.25, 0.3) is 0 Å². The first-order valence-electron chi connectivity index (χ1n) is 7.28. The Kier molecular flexibility index (Phi) is 5.86. The van der Waals surface area contributed by atoms with Gasteiger partial charge in [-0.2, -0.15) is 4.31 Å². The number of thiazole rings is 1. The predicted molar refractivity (Wildman–Crippen MR) is 91.6 cm³/mol. The largest absolute Gasteiger partial charge is 0.305 e. The molecule has 1 amide bonds. The Labute approximate surface area is 143 Å². The molecular weight excluding hydrogens is 352 g/mol. The van der Waals surface area contributed by atoms with Crippen molar-refractivity contribution < 1.29 is 13.2 Å². The normalized spacial score (nSPS) is 11.6. The highest BCUT2D eigenvalue weighted by Crippen LogP contribution is 2.14. The fraction of sp³-hybridized carbons (Fsp3) is 0.357. The molecule has 0 saturated heterocycles. The van der Waals surface area contributed by atoms with Gasteiger partial charge in [-0.05, 0) is 6.07 Å². The topological polar surface area (TPSA) is 101 Å². The summed E-state index contributed by atoms with van der Waals surface area (Å²) in [5, 5.41) is 4.67. The van der Waals surface area contributed by atoms with E-state index in [1.54, 1.807) is 25.4 Å². The number of hydrogen-bond donors (Lipinski definition) is 1. The molecule has 0 radical (unpaired) electrons. The smallest absolute Gasteiger partial charge is 0.251 e. The highest BCUT2D eigenvalue weighted by Gasteiger charge is 2.22. The first kappa shape index (κ1) is 18.3. The van der Waals surface area contributed by atoms with Gasteiger partial charge in [0, 0.05) is 36.9 Å². The van der Waals surface area contributed by atoms with Crippen LogP contribution in [0.2, 0.25) is 0 Å². The van der Waals surface area contributed by atoms with Gasteiger partial charge in [-0.25, -0.2) is 13.4 Å². The highest BCUT2D eigenvalue weighted by molar-refractivity contribution is 7.89. The summed E-state index contributed by atoms with van der Waals surface area (Å²) in [6.45, 7) is 3.82. The Hall–Kier alpha value is -2.04. The first-order valence-corrected chi connectivity index (χ1v) is 9.60. The Morgan fingerprint density at radius 3 is 2.62 bits per heavy atom. The number of nitrogens with one attached hydrogen (secondary N) is 1. The van der Waals surface area contributed by atoms with E-state index in [9.17, 15) is 18.0 Å². The van der Waals surface area contributed by atoms with Crippen molar-refractivity contribution in [2.45, 2.75) is 25.3 Å². The van der Waals surface area contributed by atoms with Gasteiger partial charge in [-0.1, -0.05) is 13.8 Å². The molecule has 130 valence electrons. The number of carbonyl (C=O) groups excluding carboxylic acids is 1. The molecule has 0 aliphatic heterocycles. The molecule has 24 heavy (non-hydrogen) atoms. The third-order valence-electron chi connectivity index (χ3n) is 3.29. The number of sulfonamides is 1. The molecule has 8 nitrogen and oxygen atoms in total. The maximum absolute atomic E-state index is 12.5. The van der Waals surface area contributed by atoms with Crippen molar-refractivity contribution >= 4 is 32.4 Å². The van der Waals surface area contributed by atoms with E-state index in [2.05, 4.69) is 10.3 Å². The Balaban J connectivity index is 2.25. The second kappa shape index (κ2) is 7.69. The SMILES string of the molecule is CCN(CC)S(=O)(=O)c1ccc(=O)n(CC(=O)Nc2nccs2)c1. The lowest BCUT2D eigenvalue weighted by Gasteiger charge is -2.18. The predicted octanol–water partition coefficient (Wildman–Crippen LogP) is 0.974. The number of amides is 1. The summed E-state index contributed by atoms with van der Waals surface area (Å²) in [6.07, 6.45) is 2.74. The summed E-state index contributed by atoms with van der Waals surface area (Å²) < 4.78 is 27.4. The van der Waals surface area contributed by atoms with Gasteiger partial charge in [0.1, 0.15) is 6.54 Å². The molecule has 0 bridgehead atoms.